The van der Waals surface area contributed by atoms with Gasteiger partial charge in [0.25, 0.3) is 0 Å². The Kier molecular flexibility index (Phi) is 13.1. The van der Waals surface area contributed by atoms with E-state index >= 15 is 0 Å². The number of hydrogen-bond acceptors (Lipinski definition) is 3. The number of aromatic nitrogens is 2. The van der Waals surface area contributed by atoms with Gasteiger partial charge in [0.1, 0.15) is 12.4 Å². The molecule has 0 atom stereocenters. The summed E-state index contributed by atoms with van der Waals surface area (Å²) in [6.07, 6.45) is 11.8. The summed E-state index contributed by atoms with van der Waals surface area (Å²) in [5.74, 6) is -14.8. The third kappa shape index (κ3) is 9.47. The van der Waals surface area contributed by atoms with Gasteiger partial charge in [-0.1, -0.05) is 46.0 Å². The zero-order valence-electron chi connectivity index (χ0n) is 19.4. The van der Waals surface area contributed by atoms with Gasteiger partial charge in [-0.2, -0.15) is 39.5 Å². The summed E-state index contributed by atoms with van der Waals surface area (Å²) < 4.78 is 140. The molecule has 1 aromatic rings. The molecule has 1 heterocycles. The average Bonchev–Trinajstić information content (AvgIpc) is 3.17. The van der Waals surface area contributed by atoms with E-state index in [-0.39, 0.29) is 0 Å². The van der Waals surface area contributed by atoms with Crippen LogP contribution in [0.25, 0.3) is 0 Å². The number of aryl methyl sites for hydroxylation is 2. The monoisotopic (exact) mass is 550 g/mol. The molecule has 0 unspecified atom stereocenters. The molecule has 0 aliphatic carbocycles. The Bertz CT molecular complexity index is 841. The van der Waals surface area contributed by atoms with Gasteiger partial charge in [0.05, 0.1) is 13.1 Å². The summed E-state index contributed by atoms with van der Waals surface area (Å²) in [6.45, 7) is 6.90. The molecule has 1 rings (SSSR count). The van der Waals surface area contributed by atoms with Gasteiger partial charge in [0.15, 0.2) is 10.1 Å². The Morgan fingerprint density at radius 3 is 1.74 bits per heavy atom. The molecule has 0 amide bonds. The first-order valence-corrected chi connectivity index (χ1v) is 12.5. The van der Waals surface area contributed by atoms with Crippen molar-refractivity contribution in [3.63, 3.8) is 0 Å². The van der Waals surface area contributed by atoms with Gasteiger partial charge in [0, 0.05) is 0 Å². The van der Waals surface area contributed by atoms with E-state index in [9.17, 15) is 52.5 Å². The van der Waals surface area contributed by atoms with Gasteiger partial charge < -0.3 is 4.55 Å². The Morgan fingerprint density at radius 2 is 1.26 bits per heavy atom. The minimum absolute atomic E-state index is 1.18. The zero-order valence-corrected chi connectivity index (χ0v) is 20.3. The van der Waals surface area contributed by atoms with Gasteiger partial charge in [-0.25, -0.2) is 17.6 Å². The Balaban J connectivity index is 0.000000662. The Labute approximate surface area is 199 Å². The zero-order chi connectivity index (χ0) is 27.6. The van der Waals surface area contributed by atoms with Crippen LogP contribution in [0.15, 0.2) is 18.7 Å². The van der Waals surface area contributed by atoms with Crippen LogP contribution in [0.3, 0.4) is 0 Å². The van der Waals surface area contributed by atoms with Crippen molar-refractivity contribution in [1.82, 2.24) is 4.57 Å². The molecule has 0 N–H and O–H groups in total. The van der Waals surface area contributed by atoms with Crippen LogP contribution in [-0.2, 0) is 23.2 Å². The molecule has 0 bridgehead atoms. The molecule has 0 aliphatic rings. The third-order valence-electron chi connectivity index (χ3n) is 4.97. The maximum atomic E-state index is 12.2. The van der Waals surface area contributed by atoms with Crippen molar-refractivity contribution in [2.24, 2.45) is 0 Å². The summed E-state index contributed by atoms with van der Waals surface area (Å²) in [5, 5.41) is -7.11. The highest BCUT2D eigenvalue weighted by molar-refractivity contribution is 7.86. The van der Waals surface area contributed by atoms with Gasteiger partial charge in [-0.15, -0.1) is 0 Å². The first-order valence-electron chi connectivity index (χ1n) is 11.1. The summed E-state index contributed by atoms with van der Waals surface area (Å²) in [6, 6.07) is 0. The fourth-order valence-electron chi connectivity index (χ4n) is 2.84. The summed E-state index contributed by atoms with van der Waals surface area (Å²) in [7, 11) is -7.42. The fourth-order valence-corrected chi connectivity index (χ4v) is 3.28. The topological polar surface area (TPSA) is 66.0 Å². The van der Waals surface area contributed by atoms with Gasteiger partial charge in [-0.05, 0) is 25.7 Å². The van der Waals surface area contributed by atoms with Crippen molar-refractivity contribution in [3.05, 3.63) is 18.7 Å². The number of imidazole rings is 1. The maximum Gasteiger partial charge on any atom is 0.460 e. The first-order chi connectivity index (χ1) is 15.9. The molecule has 0 aromatic carbocycles. The minimum Gasteiger partial charge on any atom is -0.743 e. The van der Waals surface area contributed by atoms with Crippen molar-refractivity contribution in [1.29, 1.82) is 0 Å². The number of nitrogens with zero attached hydrogens (tertiary/aromatic N) is 2. The molecule has 5 nitrogen and oxygen atoms in total. The number of unbranched alkanes of at least 4 members (excludes halogenated alkanes) is 7. The highest BCUT2D eigenvalue weighted by atomic mass is 32.2. The number of hydrogen-bond donors (Lipinski definition) is 0. The van der Waals surface area contributed by atoms with Crippen molar-refractivity contribution < 1.29 is 57.1 Å². The molecule has 15 heteroatoms. The molecular weight excluding hydrogens is 519 g/mol. The number of rotatable bonds is 14. The second-order valence-electron chi connectivity index (χ2n) is 7.98. The number of halogens is 9. The standard InChI is InChI=1S/C16H31N2.C4HF9O3S/c1-3-5-7-8-9-11-13-18-15-14-17(16-18)12-10-6-4-2;5-1(6,3(9,10)11)2(7,8)4(12,13)17(14,15)16/h14-16H,3-13H2,1-2H3;(H,14,15,16)/q+1;/p-1. The molecule has 0 saturated carbocycles. The van der Waals surface area contributed by atoms with Gasteiger partial charge in [0.2, 0.25) is 6.33 Å². The quantitative estimate of drug-likeness (QED) is 0.119. The van der Waals surface area contributed by atoms with E-state index in [4.69, 9.17) is 0 Å². The highest BCUT2D eigenvalue weighted by Crippen LogP contribution is 2.54. The maximum absolute atomic E-state index is 12.2. The minimum atomic E-state index is -7.43. The van der Waals surface area contributed by atoms with Crippen LogP contribution in [0, 0.1) is 0 Å². The van der Waals surface area contributed by atoms with Crippen molar-refractivity contribution >= 4 is 10.1 Å². The molecule has 0 fully saturated rings. The van der Waals surface area contributed by atoms with E-state index in [1.54, 1.807) is 0 Å². The third-order valence-corrected chi connectivity index (χ3v) is 5.85. The predicted molar refractivity (Wildman–Crippen MR) is 108 cm³/mol. The van der Waals surface area contributed by atoms with Gasteiger partial charge >= 0.3 is 23.3 Å². The lowest BCUT2D eigenvalue weighted by atomic mass is 10.1. The van der Waals surface area contributed by atoms with E-state index < -0.39 is 33.4 Å². The van der Waals surface area contributed by atoms with Crippen LogP contribution in [-0.4, -0.2) is 40.8 Å². The molecule has 0 spiro atoms. The largest absolute Gasteiger partial charge is 0.743 e. The van der Waals surface area contributed by atoms with Crippen LogP contribution in [0.2, 0.25) is 0 Å². The average molecular weight is 551 g/mol. The SMILES string of the molecule is CCCCCCCCn1cc[n+](CCCCC)c1.O=S(=O)([O-])C(F)(F)C(F)(F)C(F)(F)C(F)(F)F. The smallest absolute Gasteiger partial charge is 0.460 e. The summed E-state index contributed by atoms with van der Waals surface area (Å²) >= 11 is 0. The first kappa shape index (κ1) is 33.5. The van der Waals surface area contributed by atoms with Crippen LogP contribution >= 0.6 is 0 Å². The molecule has 1 aromatic heterocycles. The van der Waals surface area contributed by atoms with E-state index in [1.165, 1.54) is 70.9 Å². The van der Waals surface area contributed by atoms with Crippen LogP contribution < -0.4 is 4.57 Å². The normalized spacial score (nSPS) is 13.5. The lowest BCUT2D eigenvalue weighted by Crippen LogP contribution is -2.63. The van der Waals surface area contributed by atoms with Crippen molar-refractivity contribution in [2.45, 2.75) is 108 Å². The molecule has 0 radical (unpaired) electrons. The van der Waals surface area contributed by atoms with Crippen molar-refractivity contribution in [3.8, 4) is 0 Å². The molecule has 0 aliphatic heterocycles. The lowest BCUT2D eigenvalue weighted by molar-refractivity contribution is -0.696. The van der Waals surface area contributed by atoms with E-state index in [0.29, 0.717) is 0 Å². The Morgan fingerprint density at radius 1 is 0.771 bits per heavy atom. The molecule has 208 valence electrons. The Hall–Kier alpha value is -1.51. The molecule has 0 saturated heterocycles. The van der Waals surface area contributed by atoms with E-state index in [0.717, 1.165) is 0 Å². The molecule has 35 heavy (non-hydrogen) atoms. The van der Waals surface area contributed by atoms with Crippen LogP contribution in [0.4, 0.5) is 39.5 Å². The highest BCUT2D eigenvalue weighted by Gasteiger charge is 2.83. The van der Waals surface area contributed by atoms with E-state index in [1.807, 2.05) is 0 Å². The summed E-state index contributed by atoms with van der Waals surface area (Å²) in [4.78, 5) is 0. The van der Waals surface area contributed by atoms with Crippen LogP contribution in [0.5, 0.6) is 0 Å². The number of alkyl halides is 9. The second-order valence-corrected chi connectivity index (χ2v) is 9.40. The molecular formula is C20H31F9N2O3S. The van der Waals surface area contributed by atoms with Gasteiger partial charge in [-0.3, -0.25) is 0 Å². The second kappa shape index (κ2) is 13.7. The van der Waals surface area contributed by atoms with E-state index in [2.05, 4.69) is 41.7 Å². The predicted octanol–water partition coefficient (Wildman–Crippen LogP) is 6.28. The van der Waals surface area contributed by atoms with Crippen LogP contribution in [0.1, 0.15) is 71.6 Å². The summed E-state index contributed by atoms with van der Waals surface area (Å²) in [5.41, 5.74) is 0. The van der Waals surface area contributed by atoms with Crippen molar-refractivity contribution in [2.75, 3.05) is 0 Å². The lowest BCUT2D eigenvalue weighted by Gasteiger charge is -2.34. The fraction of sp³-hybridized carbons (Fsp3) is 0.850.